The number of rotatable bonds is 3. The van der Waals surface area contributed by atoms with Crippen LogP contribution in [0.15, 0.2) is 12.1 Å². The molecule has 0 saturated carbocycles. The molecule has 4 rings (SSSR count). The Balaban J connectivity index is 1.44. The maximum atomic E-state index is 12.6. The largest absolute Gasteiger partial charge is 0.368 e. The monoisotopic (exact) mass is 397 g/mol. The molecule has 0 spiro atoms. The summed E-state index contributed by atoms with van der Waals surface area (Å²) in [7, 11) is 0. The fourth-order valence-electron chi connectivity index (χ4n) is 2.98. The average molecular weight is 398 g/mol. The fraction of sp³-hybridized carbons (Fsp3) is 0.438. The molecule has 2 amide bonds. The van der Waals surface area contributed by atoms with E-state index in [4.69, 9.17) is 16.3 Å². The second-order valence-electron chi connectivity index (χ2n) is 5.96. The molecule has 0 bridgehead atoms. The Morgan fingerprint density at radius 2 is 2.24 bits per heavy atom. The first kappa shape index (κ1) is 17.0. The molecule has 0 radical (unpaired) electrons. The van der Waals surface area contributed by atoms with Crippen LogP contribution in [-0.2, 0) is 22.5 Å². The molecule has 2 aliphatic heterocycles. The van der Waals surface area contributed by atoms with Crippen LogP contribution >= 0.6 is 34.3 Å². The van der Waals surface area contributed by atoms with Crippen molar-refractivity contribution in [3.05, 3.63) is 31.9 Å². The average Bonchev–Trinajstić information content (AvgIpc) is 3.33. The lowest BCUT2D eigenvalue weighted by atomic mass is 10.2. The van der Waals surface area contributed by atoms with Gasteiger partial charge in [0.1, 0.15) is 6.10 Å². The van der Waals surface area contributed by atoms with Crippen molar-refractivity contribution in [3.8, 4) is 0 Å². The van der Waals surface area contributed by atoms with Crippen molar-refractivity contribution in [2.45, 2.75) is 31.9 Å². The first-order valence-corrected chi connectivity index (χ1v) is 10.1. The number of thiophene rings is 1. The molecule has 9 heteroatoms. The minimum Gasteiger partial charge on any atom is -0.368 e. The zero-order valence-electron chi connectivity index (χ0n) is 13.3. The number of amides is 2. The van der Waals surface area contributed by atoms with E-state index in [0.29, 0.717) is 40.5 Å². The molecule has 132 valence electrons. The Kier molecular flexibility index (Phi) is 4.77. The third-order valence-electron chi connectivity index (χ3n) is 4.25. The zero-order chi connectivity index (χ0) is 17.4. The van der Waals surface area contributed by atoms with Crippen molar-refractivity contribution in [3.63, 3.8) is 0 Å². The molecule has 1 saturated heterocycles. The van der Waals surface area contributed by atoms with Gasteiger partial charge in [0.25, 0.3) is 11.8 Å². The summed E-state index contributed by atoms with van der Waals surface area (Å²) in [5, 5.41) is 3.43. The predicted molar refractivity (Wildman–Crippen MR) is 97.5 cm³/mol. The first-order chi connectivity index (χ1) is 12.1. The van der Waals surface area contributed by atoms with Gasteiger partial charge in [0, 0.05) is 24.4 Å². The van der Waals surface area contributed by atoms with Crippen LogP contribution in [0.2, 0.25) is 4.34 Å². The van der Waals surface area contributed by atoms with Crippen molar-refractivity contribution in [1.82, 2.24) is 9.88 Å². The molecular weight excluding hydrogens is 382 g/mol. The van der Waals surface area contributed by atoms with Crippen LogP contribution in [0.4, 0.5) is 5.13 Å². The third kappa shape index (κ3) is 3.57. The van der Waals surface area contributed by atoms with Gasteiger partial charge < -0.3 is 9.64 Å². The summed E-state index contributed by atoms with van der Waals surface area (Å²) in [4.78, 5) is 32.7. The molecule has 2 aromatic rings. The van der Waals surface area contributed by atoms with Crippen LogP contribution in [-0.4, -0.2) is 41.0 Å². The fourth-order valence-corrected chi connectivity index (χ4v) is 5.02. The van der Waals surface area contributed by atoms with Crippen LogP contribution in [0.1, 0.15) is 33.1 Å². The van der Waals surface area contributed by atoms with Gasteiger partial charge >= 0.3 is 0 Å². The van der Waals surface area contributed by atoms with Crippen molar-refractivity contribution >= 4 is 51.2 Å². The summed E-state index contributed by atoms with van der Waals surface area (Å²) in [5.41, 5.74) is 0.959. The van der Waals surface area contributed by atoms with E-state index < -0.39 is 0 Å². The number of nitrogens with one attached hydrogen (secondary N) is 1. The lowest BCUT2D eigenvalue weighted by Gasteiger charge is -2.25. The number of hydrogen-bond acceptors (Lipinski definition) is 6. The number of nitrogens with zero attached hydrogens (tertiary/aromatic N) is 2. The second-order valence-corrected chi connectivity index (χ2v) is 8.76. The van der Waals surface area contributed by atoms with E-state index in [1.165, 1.54) is 22.7 Å². The van der Waals surface area contributed by atoms with Gasteiger partial charge in [-0.1, -0.05) is 22.9 Å². The van der Waals surface area contributed by atoms with Gasteiger partial charge in [0.05, 0.1) is 21.5 Å². The van der Waals surface area contributed by atoms with Gasteiger partial charge in [0.15, 0.2) is 5.13 Å². The molecule has 25 heavy (non-hydrogen) atoms. The smallest absolute Gasteiger partial charge is 0.264 e. The summed E-state index contributed by atoms with van der Waals surface area (Å²) in [5.74, 6) is -0.148. The van der Waals surface area contributed by atoms with E-state index in [0.717, 1.165) is 23.4 Å². The number of fused-ring (bicyclic) bond motifs is 1. The van der Waals surface area contributed by atoms with Crippen LogP contribution in [0.3, 0.4) is 0 Å². The van der Waals surface area contributed by atoms with Crippen molar-refractivity contribution in [1.29, 1.82) is 0 Å². The molecule has 4 heterocycles. The highest BCUT2D eigenvalue weighted by Gasteiger charge is 2.28. The van der Waals surface area contributed by atoms with Gasteiger partial charge in [0.2, 0.25) is 0 Å². The van der Waals surface area contributed by atoms with Gasteiger partial charge in [-0.25, -0.2) is 4.98 Å². The van der Waals surface area contributed by atoms with Crippen LogP contribution in [0.5, 0.6) is 0 Å². The highest BCUT2D eigenvalue weighted by Crippen LogP contribution is 2.31. The Bertz CT molecular complexity index is 813. The van der Waals surface area contributed by atoms with Gasteiger partial charge in [-0.05, 0) is 25.0 Å². The van der Waals surface area contributed by atoms with E-state index in [2.05, 4.69) is 10.3 Å². The number of thiazole rings is 1. The SMILES string of the molecule is O=C(Nc1nc2c(s1)CN(C(=O)c1ccc(Cl)s1)CC2)[C@H]1CCCO1. The van der Waals surface area contributed by atoms with Gasteiger partial charge in [-0.2, -0.15) is 0 Å². The number of anilines is 1. The molecule has 6 nitrogen and oxygen atoms in total. The van der Waals surface area contributed by atoms with Gasteiger partial charge in [-0.3, -0.25) is 14.9 Å². The van der Waals surface area contributed by atoms with Crippen LogP contribution in [0.25, 0.3) is 0 Å². The summed E-state index contributed by atoms with van der Waals surface area (Å²) >= 11 is 8.64. The maximum absolute atomic E-state index is 12.6. The van der Waals surface area contributed by atoms with E-state index in [1.54, 1.807) is 17.0 Å². The second kappa shape index (κ2) is 7.03. The summed E-state index contributed by atoms with van der Waals surface area (Å²) in [6.45, 7) is 1.76. The van der Waals surface area contributed by atoms with E-state index in [-0.39, 0.29) is 17.9 Å². The molecular formula is C16H16ClN3O3S2. The number of ether oxygens (including phenoxy) is 1. The summed E-state index contributed by atoms with van der Waals surface area (Å²) in [6.07, 6.45) is 1.98. The molecule has 1 N–H and O–H groups in total. The molecule has 1 fully saturated rings. The Morgan fingerprint density at radius 1 is 1.36 bits per heavy atom. The number of hydrogen-bond donors (Lipinski definition) is 1. The van der Waals surface area contributed by atoms with Crippen LogP contribution < -0.4 is 5.32 Å². The normalized spacial score (nSPS) is 19.7. The molecule has 0 aromatic carbocycles. The number of carbonyl (C=O) groups is 2. The highest BCUT2D eigenvalue weighted by molar-refractivity contribution is 7.18. The summed E-state index contributed by atoms with van der Waals surface area (Å²) in [6, 6.07) is 3.49. The number of aromatic nitrogens is 1. The highest BCUT2D eigenvalue weighted by atomic mass is 35.5. The predicted octanol–water partition coefficient (Wildman–Crippen LogP) is 3.17. The Labute approximate surface area is 157 Å². The third-order valence-corrected chi connectivity index (χ3v) is 6.47. The first-order valence-electron chi connectivity index (χ1n) is 8.06. The topological polar surface area (TPSA) is 71.5 Å². The Hall–Kier alpha value is -1.48. The minimum atomic E-state index is -0.373. The molecule has 2 aliphatic rings. The molecule has 2 aromatic heterocycles. The number of halogens is 1. The maximum Gasteiger partial charge on any atom is 0.264 e. The van der Waals surface area contributed by atoms with Crippen LogP contribution in [0, 0.1) is 0 Å². The minimum absolute atomic E-state index is 0.0131. The Morgan fingerprint density at radius 3 is 2.96 bits per heavy atom. The van der Waals surface area contributed by atoms with Gasteiger partial charge in [-0.15, -0.1) is 11.3 Å². The van der Waals surface area contributed by atoms with E-state index in [9.17, 15) is 9.59 Å². The lowest BCUT2D eigenvalue weighted by molar-refractivity contribution is -0.124. The zero-order valence-corrected chi connectivity index (χ0v) is 15.7. The lowest BCUT2D eigenvalue weighted by Crippen LogP contribution is -2.35. The van der Waals surface area contributed by atoms with Crippen molar-refractivity contribution in [2.24, 2.45) is 0 Å². The van der Waals surface area contributed by atoms with Crippen molar-refractivity contribution in [2.75, 3.05) is 18.5 Å². The van der Waals surface area contributed by atoms with E-state index in [1.807, 2.05) is 0 Å². The van der Waals surface area contributed by atoms with E-state index >= 15 is 0 Å². The standard InChI is InChI=1S/C16H16ClN3O3S2/c17-13-4-3-11(24-13)15(22)20-6-5-9-12(8-20)25-16(18-9)19-14(21)10-2-1-7-23-10/h3-4,10H,1-2,5-8H2,(H,18,19,21)/t10-/m1/s1. The van der Waals surface area contributed by atoms with Crippen molar-refractivity contribution < 1.29 is 14.3 Å². The molecule has 1 atom stereocenters. The number of carbonyl (C=O) groups excluding carboxylic acids is 2. The quantitative estimate of drug-likeness (QED) is 0.863. The molecule has 0 unspecified atom stereocenters. The molecule has 0 aliphatic carbocycles. The summed E-state index contributed by atoms with van der Waals surface area (Å²) < 4.78 is 6.00.